The number of piperazine rings is 1. The van der Waals surface area contributed by atoms with Crippen molar-refractivity contribution in [1.82, 2.24) is 14.8 Å². The molecule has 2 aromatic rings. The summed E-state index contributed by atoms with van der Waals surface area (Å²) in [5.74, 6) is 0.0184. The van der Waals surface area contributed by atoms with Crippen LogP contribution in [-0.4, -0.2) is 67.6 Å². The van der Waals surface area contributed by atoms with Gasteiger partial charge in [-0.15, -0.1) is 11.3 Å². The van der Waals surface area contributed by atoms with Crippen LogP contribution in [0.2, 0.25) is 0 Å². The summed E-state index contributed by atoms with van der Waals surface area (Å²) in [6.45, 7) is 7.87. The van der Waals surface area contributed by atoms with E-state index in [9.17, 15) is 13.2 Å². The number of hydrogen-bond donors (Lipinski definition) is 0. The van der Waals surface area contributed by atoms with Crippen molar-refractivity contribution in [2.24, 2.45) is 0 Å². The predicted molar refractivity (Wildman–Crippen MR) is 120 cm³/mol. The number of aromatic nitrogens is 1. The molecule has 0 radical (unpaired) electrons. The van der Waals surface area contributed by atoms with Crippen molar-refractivity contribution >= 4 is 33.0 Å². The first-order chi connectivity index (χ1) is 14.3. The number of nitrogens with zero attached hydrogens (tertiary/aromatic N) is 4. The van der Waals surface area contributed by atoms with Crippen molar-refractivity contribution in [1.29, 1.82) is 0 Å². The third-order valence-corrected chi connectivity index (χ3v) is 8.10. The Morgan fingerprint density at radius 1 is 1.23 bits per heavy atom. The normalized spacial score (nSPS) is 19.9. The molecule has 2 aliphatic heterocycles. The molecule has 0 aliphatic carbocycles. The molecule has 1 unspecified atom stereocenters. The van der Waals surface area contributed by atoms with Gasteiger partial charge < -0.3 is 4.90 Å². The maximum Gasteiger partial charge on any atom is 0.253 e. The van der Waals surface area contributed by atoms with Crippen LogP contribution in [0.25, 0.3) is 0 Å². The fourth-order valence-electron chi connectivity index (χ4n) is 4.35. The van der Waals surface area contributed by atoms with E-state index in [-0.39, 0.29) is 11.9 Å². The molecule has 1 fully saturated rings. The van der Waals surface area contributed by atoms with E-state index in [0.29, 0.717) is 30.8 Å². The number of fused-ring (bicyclic) bond motifs is 1. The third-order valence-electron chi connectivity index (χ3n) is 5.78. The summed E-state index contributed by atoms with van der Waals surface area (Å²) in [4.78, 5) is 21.9. The molecule has 7 nitrogen and oxygen atoms in total. The van der Waals surface area contributed by atoms with Crippen molar-refractivity contribution in [2.75, 3.05) is 36.7 Å². The van der Waals surface area contributed by atoms with Crippen LogP contribution in [0.3, 0.4) is 0 Å². The second-order valence-corrected chi connectivity index (χ2v) is 10.9. The number of hydrogen-bond acceptors (Lipinski definition) is 6. The summed E-state index contributed by atoms with van der Waals surface area (Å²) in [6, 6.07) is 5.28. The Labute approximate surface area is 182 Å². The van der Waals surface area contributed by atoms with Crippen LogP contribution in [-0.2, 0) is 29.4 Å². The molecule has 2 aliphatic rings. The zero-order valence-corrected chi connectivity index (χ0v) is 19.3. The number of benzene rings is 1. The molecule has 1 atom stereocenters. The highest BCUT2D eigenvalue weighted by Crippen LogP contribution is 2.35. The van der Waals surface area contributed by atoms with Gasteiger partial charge in [0, 0.05) is 49.7 Å². The minimum atomic E-state index is -3.32. The Balaban J connectivity index is 1.40. The minimum absolute atomic E-state index is 0.0184. The van der Waals surface area contributed by atoms with Crippen molar-refractivity contribution in [2.45, 2.75) is 39.3 Å². The first-order valence-electron chi connectivity index (χ1n) is 10.3. The fraction of sp³-hybridized carbons (Fsp3) is 0.524. The van der Waals surface area contributed by atoms with E-state index >= 15 is 0 Å². The first-order valence-corrected chi connectivity index (χ1v) is 13.1. The standard InChI is InChI=1S/C21H28N4O3S2/c1-4-20-22-18(14-29-20)13-23-7-9-24(10-8-23)21(26)16-5-6-19-17(12-16)11-15(2)25(19)30(3,27)28/h5-6,12,14-15H,4,7-11,13H2,1-3H3. The zero-order chi connectivity index (χ0) is 21.5. The van der Waals surface area contributed by atoms with Crippen LogP contribution in [0, 0.1) is 0 Å². The lowest BCUT2D eigenvalue weighted by Crippen LogP contribution is -2.48. The highest BCUT2D eigenvalue weighted by atomic mass is 32.2. The summed E-state index contributed by atoms with van der Waals surface area (Å²) in [5, 5.41) is 3.29. The van der Waals surface area contributed by atoms with Gasteiger partial charge >= 0.3 is 0 Å². The predicted octanol–water partition coefficient (Wildman–Crippen LogP) is 2.37. The van der Waals surface area contributed by atoms with Crippen molar-refractivity contribution < 1.29 is 13.2 Å². The Hall–Kier alpha value is -1.97. The van der Waals surface area contributed by atoms with Gasteiger partial charge in [-0.2, -0.15) is 0 Å². The summed E-state index contributed by atoms with van der Waals surface area (Å²) in [6.07, 6.45) is 2.82. The smallest absolute Gasteiger partial charge is 0.253 e. The van der Waals surface area contributed by atoms with Gasteiger partial charge in [-0.3, -0.25) is 14.0 Å². The molecule has 1 amide bonds. The number of rotatable bonds is 5. The molecule has 0 saturated carbocycles. The largest absolute Gasteiger partial charge is 0.336 e. The van der Waals surface area contributed by atoms with Crippen molar-refractivity contribution in [3.05, 3.63) is 45.4 Å². The molecule has 4 rings (SSSR count). The van der Waals surface area contributed by atoms with Crippen LogP contribution in [0.4, 0.5) is 5.69 Å². The Morgan fingerprint density at radius 2 is 1.97 bits per heavy atom. The van der Waals surface area contributed by atoms with E-state index in [1.807, 2.05) is 17.9 Å². The average molecular weight is 449 g/mol. The topological polar surface area (TPSA) is 73.8 Å². The molecule has 1 saturated heterocycles. The molecule has 1 aromatic heterocycles. The summed E-state index contributed by atoms with van der Waals surface area (Å²) in [7, 11) is -3.32. The highest BCUT2D eigenvalue weighted by Gasteiger charge is 2.33. The number of aryl methyl sites for hydroxylation is 1. The average Bonchev–Trinajstić information content (AvgIpc) is 3.29. The number of thiazole rings is 1. The van der Waals surface area contributed by atoms with Crippen LogP contribution in [0.15, 0.2) is 23.6 Å². The van der Waals surface area contributed by atoms with E-state index in [2.05, 4.69) is 22.2 Å². The van der Waals surface area contributed by atoms with E-state index in [0.717, 1.165) is 37.3 Å². The van der Waals surface area contributed by atoms with Crippen molar-refractivity contribution in [3.63, 3.8) is 0 Å². The van der Waals surface area contributed by atoms with Gasteiger partial charge in [-0.1, -0.05) is 6.92 Å². The first kappa shape index (κ1) is 21.3. The van der Waals surface area contributed by atoms with Gasteiger partial charge in [-0.25, -0.2) is 13.4 Å². The maximum atomic E-state index is 13.0. The zero-order valence-electron chi connectivity index (χ0n) is 17.7. The molecular formula is C21H28N4O3S2. The van der Waals surface area contributed by atoms with Gasteiger partial charge in [0.2, 0.25) is 10.0 Å². The summed E-state index contributed by atoms with van der Waals surface area (Å²) in [5.41, 5.74) is 3.37. The van der Waals surface area contributed by atoms with Crippen LogP contribution in [0.5, 0.6) is 0 Å². The van der Waals surface area contributed by atoms with Crippen LogP contribution in [0.1, 0.15) is 40.5 Å². The Kier molecular flexibility index (Phi) is 5.87. The van der Waals surface area contributed by atoms with Crippen LogP contribution < -0.4 is 4.31 Å². The number of sulfonamides is 1. The molecule has 1 aromatic carbocycles. The quantitative estimate of drug-likeness (QED) is 0.702. The monoisotopic (exact) mass is 448 g/mol. The molecule has 0 spiro atoms. The highest BCUT2D eigenvalue weighted by molar-refractivity contribution is 7.92. The van der Waals surface area contributed by atoms with Crippen molar-refractivity contribution in [3.8, 4) is 0 Å². The lowest BCUT2D eigenvalue weighted by molar-refractivity contribution is 0.0627. The Morgan fingerprint density at radius 3 is 2.60 bits per heavy atom. The van der Waals surface area contributed by atoms with Crippen LogP contribution >= 0.6 is 11.3 Å². The molecule has 162 valence electrons. The molecule has 9 heteroatoms. The molecular weight excluding hydrogens is 420 g/mol. The van der Waals surface area contributed by atoms with Gasteiger partial charge in [0.15, 0.2) is 0 Å². The van der Waals surface area contributed by atoms with E-state index in [4.69, 9.17) is 0 Å². The van der Waals surface area contributed by atoms with E-state index in [1.165, 1.54) is 15.6 Å². The second-order valence-electron chi connectivity index (χ2n) is 8.11. The summed E-state index contributed by atoms with van der Waals surface area (Å²) < 4.78 is 25.6. The fourth-order valence-corrected chi connectivity index (χ4v) is 6.35. The molecule has 0 bridgehead atoms. The number of amides is 1. The second kappa shape index (κ2) is 8.28. The minimum Gasteiger partial charge on any atom is -0.336 e. The SMILES string of the molecule is CCc1nc(CN2CCN(C(=O)c3ccc4c(c3)CC(C)N4S(C)(=O)=O)CC2)cs1. The lowest BCUT2D eigenvalue weighted by Gasteiger charge is -2.34. The van der Waals surface area contributed by atoms with E-state index in [1.54, 1.807) is 23.5 Å². The van der Waals surface area contributed by atoms with Gasteiger partial charge in [-0.05, 0) is 43.5 Å². The number of carbonyl (C=O) groups excluding carboxylic acids is 1. The van der Waals surface area contributed by atoms with E-state index < -0.39 is 10.0 Å². The third kappa shape index (κ3) is 4.24. The summed E-state index contributed by atoms with van der Waals surface area (Å²) >= 11 is 1.71. The van der Waals surface area contributed by atoms with Gasteiger partial charge in [0.1, 0.15) is 0 Å². The Bertz CT molecular complexity index is 1040. The van der Waals surface area contributed by atoms with Gasteiger partial charge in [0.25, 0.3) is 5.91 Å². The molecule has 30 heavy (non-hydrogen) atoms. The molecule has 3 heterocycles. The lowest BCUT2D eigenvalue weighted by atomic mass is 10.1. The number of anilines is 1. The maximum absolute atomic E-state index is 13.0. The number of carbonyl (C=O) groups is 1. The van der Waals surface area contributed by atoms with Gasteiger partial charge in [0.05, 0.1) is 22.6 Å². The molecule has 0 N–H and O–H groups in total.